The molecule has 0 fully saturated rings. The van der Waals surface area contributed by atoms with E-state index >= 15 is 0 Å². The summed E-state index contributed by atoms with van der Waals surface area (Å²) in [6.07, 6.45) is 0.187. The van der Waals surface area contributed by atoms with E-state index in [-0.39, 0.29) is 18.2 Å². The zero-order valence-corrected chi connectivity index (χ0v) is 14.7. The van der Waals surface area contributed by atoms with Crippen molar-refractivity contribution in [3.05, 3.63) is 59.2 Å². The Bertz CT molecular complexity index is 800. The van der Waals surface area contributed by atoms with E-state index in [1.807, 2.05) is 38.1 Å². The molecule has 2 aromatic rings. The number of amides is 2. The highest BCUT2D eigenvalue weighted by Gasteiger charge is 2.14. The molecule has 0 aliphatic heterocycles. The minimum atomic E-state index is -0.180. The van der Waals surface area contributed by atoms with Gasteiger partial charge in [0.15, 0.2) is 0 Å². The van der Waals surface area contributed by atoms with Crippen LogP contribution < -0.4 is 10.2 Å². The number of hydrogen-bond acceptors (Lipinski definition) is 3. The molecule has 2 rings (SSSR count). The zero-order chi connectivity index (χ0) is 18.4. The summed E-state index contributed by atoms with van der Waals surface area (Å²) in [7, 11) is 0. The SMILES string of the molecule is CC(=O)N(CCC(=O)Nc1ccc(C#N)cc1)c1cc(C)cc(C)c1. The summed E-state index contributed by atoms with van der Waals surface area (Å²) in [4.78, 5) is 25.7. The van der Waals surface area contributed by atoms with Crippen LogP contribution in [-0.4, -0.2) is 18.4 Å². The molecule has 0 saturated heterocycles. The molecule has 5 heteroatoms. The smallest absolute Gasteiger partial charge is 0.226 e. The summed E-state index contributed by atoms with van der Waals surface area (Å²) in [5.41, 5.74) is 4.11. The third kappa shape index (κ3) is 5.18. The average Bonchev–Trinajstić information content (AvgIpc) is 2.54. The summed E-state index contributed by atoms with van der Waals surface area (Å²) < 4.78 is 0. The third-order valence-corrected chi connectivity index (χ3v) is 3.76. The van der Waals surface area contributed by atoms with E-state index in [0.29, 0.717) is 17.8 Å². The van der Waals surface area contributed by atoms with Crippen LogP contribution in [0.3, 0.4) is 0 Å². The Kier molecular flexibility index (Phi) is 5.91. The van der Waals surface area contributed by atoms with Crippen molar-refractivity contribution in [1.29, 1.82) is 5.26 Å². The Morgan fingerprint density at radius 1 is 1.08 bits per heavy atom. The van der Waals surface area contributed by atoms with E-state index in [1.54, 1.807) is 29.2 Å². The van der Waals surface area contributed by atoms with Gasteiger partial charge in [-0.3, -0.25) is 9.59 Å². The molecule has 2 amide bonds. The van der Waals surface area contributed by atoms with Crippen LogP contribution in [-0.2, 0) is 9.59 Å². The van der Waals surface area contributed by atoms with Gasteiger partial charge in [-0.1, -0.05) is 6.07 Å². The lowest BCUT2D eigenvalue weighted by Gasteiger charge is -2.22. The number of rotatable bonds is 5. The molecule has 25 heavy (non-hydrogen) atoms. The Morgan fingerprint density at radius 3 is 2.20 bits per heavy atom. The number of nitriles is 1. The van der Waals surface area contributed by atoms with Crippen LogP contribution in [0.25, 0.3) is 0 Å². The van der Waals surface area contributed by atoms with Gasteiger partial charge in [0.2, 0.25) is 11.8 Å². The number of anilines is 2. The van der Waals surface area contributed by atoms with Crippen LogP contribution in [0, 0.1) is 25.2 Å². The highest BCUT2D eigenvalue weighted by Crippen LogP contribution is 2.19. The molecule has 0 unspecified atom stereocenters. The van der Waals surface area contributed by atoms with Gasteiger partial charge in [-0.25, -0.2) is 0 Å². The second-order valence-electron chi connectivity index (χ2n) is 6.00. The van der Waals surface area contributed by atoms with Crippen molar-refractivity contribution in [3.8, 4) is 6.07 Å². The molecule has 5 nitrogen and oxygen atoms in total. The standard InChI is InChI=1S/C20H21N3O2/c1-14-10-15(2)12-19(11-14)23(16(3)24)9-8-20(25)22-18-6-4-17(13-21)5-7-18/h4-7,10-12H,8-9H2,1-3H3,(H,22,25). The summed E-state index contributed by atoms with van der Waals surface area (Å²) in [5, 5.41) is 11.6. The van der Waals surface area contributed by atoms with Crippen LogP contribution in [0.1, 0.15) is 30.0 Å². The Labute approximate surface area is 147 Å². The van der Waals surface area contributed by atoms with Crippen molar-refractivity contribution in [2.24, 2.45) is 0 Å². The van der Waals surface area contributed by atoms with Crippen molar-refractivity contribution in [1.82, 2.24) is 0 Å². The predicted octanol–water partition coefficient (Wildman–Crippen LogP) is 3.56. The van der Waals surface area contributed by atoms with E-state index in [0.717, 1.165) is 16.8 Å². The molecule has 0 heterocycles. The van der Waals surface area contributed by atoms with Crippen molar-refractivity contribution in [3.63, 3.8) is 0 Å². The number of carbonyl (C=O) groups is 2. The van der Waals surface area contributed by atoms with E-state index in [1.165, 1.54) is 6.92 Å². The molecule has 0 bridgehead atoms. The molecule has 1 N–H and O–H groups in total. The Balaban J connectivity index is 2.01. The summed E-state index contributed by atoms with van der Waals surface area (Å²) in [5.74, 6) is -0.281. The molecule has 2 aromatic carbocycles. The molecular weight excluding hydrogens is 314 g/mol. The molecule has 128 valence electrons. The Morgan fingerprint density at radius 2 is 1.68 bits per heavy atom. The number of nitrogens with zero attached hydrogens (tertiary/aromatic N) is 2. The average molecular weight is 335 g/mol. The zero-order valence-electron chi connectivity index (χ0n) is 14.7. The van der Waals surface area contributed by atoms with Gasteiger partial charge in [-0.05, 0) is 61.4 Å². The fourth-order valence-electron chi connectivity index (χ4n) is 2.64. The summed E-state index contributed by atoms with van der Waals surface area (Å²) >= 11 is 0. The first-order chi connectivity index (χ1) is 11.9. The number of nitrogens with one attached hydrogen (secondary N) is 1. The topological polar surface area (TPSA) is 73.2 Å². The van der Waals surface area contributed by atoms with E-state index in [9.17, 15) is 9.59 Å². The number of hydrogen-bond donors (Lipinski definition) is 1. The normalized spacial score (nSPS) is 10.0. The molecule has 0 aromatic heterocycles. The third-order valence-electron chi connectivity index (χ3n) is 3.76. The van der Waals surface area contributed by atoms with Crippen LogP contribution in [0.4, 0.5) is 11.4 Å². The first kappa shape index (κ1) is 18.2. The fourth-order valence-corrected chi connectivity index (χ4v) is 2.64. The highest BCUT2D eigenvalue weighted by atomic mass is 16.2. The molecular formula is C20H21N3O2. The molecule has 0 spiro atoms. The first-order valence-corrected chi connectivity index (χ1v) is 8.05. The molecule has 0 radical (unpaired) electrons. The molecule has 0 saturated carbocycles. The second kappa shape index (κ2) is 8.11. The number of benzene rings is 2. The molecule has 0 aliphatic carbocycles. The summed E-state index contributed by atoms with van der Waals surface area (Å²) in [6.45, 7) is 5.76. The van der Waals surface area contributed by atoms with Crippen molar-refractivity contribution in [2.45, 2.75) is 27.2 Å². The van der Waals surface area contributed by atoms with Crippen LogP contribution in [0.2, 0.25) is 0 Å². The van der Waals surface area contributed by atoms with Crippen LogP contribution in [0.15, 0.2) is 42.5 Å². The number of carbonyl (C=O) groups excluding carboxylic acids is 2. The van der Waals surface area contributed by atoms with Gasteiger partial charge >= 0.3 is 0 Å². The maximum atomic E-state index is 12.1. The second-order valence-corrected chi connectivity index (χ2v) is 6.00. The van der Waals surface area contributed by atoms with Crippen LogP contribution >= 0.6 is 0 Å². The highest BCUT2D eigenvalue weighted by molar-refractivity contribution is 5.94. The minimum absolute atomic E-state index is 0.101. The lowest BCUT2D eigenvalue weighted by molar-refractivity contribution is -0.117. The van der Waals surface area contributed by atoms with Gasteiger partial charge in [0, 0.05) is 31.3 Å². The maximum absolute atomic E-state index is 12.1. The van der Waals surface area contributed by atoms with Crippen molar-refractivity contribution in [2.75, 3.05) is 16.8 Å². The number of aryl methyl sites for hydroxylation is 2. The fraction of sp³-hybridized carbons (Fsp3) is 0.250. The lowest BCUT2D eigenvalue weighted by atomic mass is 10.1. The van der Waals surface area contributed by atoms with Gasteiger partial charge < -0.3 is 10.2 Å². The maximum Gasteiger partial charge on any atom is 0.226 e. The van der Waals surface area contributed by atoms with Gasteiger partial charge in [0.05, 0.1) is 11.6 Å². The quantitative estimate of drug-likeness (QED) is 0.908. The molecule has 0 atom stereocenters. The van der Waals surface area contributed by atoms with Gasteiger partial charge in [-0.2, -0.15) is 5.26 Å². The van der Waals surface area contributed by atoms with Crippen LogP contribution in [0.5, 0.6) is 0 Å². The van der Waals surface area contributed by atoms with Gasteiger partial charge in [0.1, 0.15) is 0 Å². The lowest BCUT2D eigenvalue weighted by Crippen LogP contribution is -2.32. The van der Waals surface area contributed by atoms with E-state index < -0.39 is 0 Å². The Hall–Kier alpha value is -3.13. The molecule has 0 aliphatic rings. The monoisotopic (exact) mass is 335 g/mol. The van der Waals surface area contributed by atoms with Crippen molar-refractivity contribution < 1.29 is 9.59 Å². The largest absolute Gasteiger partial charge is 0.326 e. The first-order valence-electron chi connectivity index (χ1n) is 8.05. The minimum Gasteiger partial charge on any atom is -0.326 e. The van der Waals surface area contributed by atoms with Crippen molar-refractivity contribution >= 4 is 23.2 Å². The predicted molar refractivity (Wildman–Crippen MR) is 98.3 cm³/mol. The van der Waals surface area contributed by atoms with Gasteiger partial charge in [-0.15, -0.1) is 0 Å². The van der Waals surface area contributed by atoms with E-state index in [4.69, 9.17) is 5.26 Å². The van der Waals surface area contributed by atoms with Gasteiger partial charge in [0.25, 0.3) is 0 Å². The van der Waals surface area contributed by atoms with E-state index in [2.05, 4.69) is 5.32 Å². The summed E-state index contributed by atoms with van der Waals surface area (Å²) in [6, 6.07) is 14.6.